The summed E-state index contributed by atoms with van der Waals surface area (Å²) in [6.45, 7) is 4.00. The molecular formula is C21H27ClN2O2. The van der Waals surface area contributed by atoms with E-state index >= 15 is 0 Å². The quantitative estimate of drug-likeness (QED) is 0.863. The Morgan fingerprint density at radius 1 is 1.12 bits per heavy atom. The third-order valence-electron chi connectivity index (χ3n) is 4.96. The number of ether oxygens (including phenoxy) is 1. The number of hydrogen-bond acceptors (Lipinski definition) is 3. The summed E-state index contributed by atoms with van der Waals surface area (Å²) in [6, 6.07) is 17.6. The van der Waals surface area contributed by atoms with Crippen molar-refractivity contribution < 1.29 is 9.53 Å². The molecular weight excluding hydrogens is 348 g/mol. The van der Waals surface area contributed by atoms with Crippen LogP contribution in [0.2, 0.25) is 0 Å². The number of likely N-dealkylation sites (tertiary alicyclic amines) is 1. The fourth-order valence-electron chi connectivity index (χ4n) is 3.33. The van der Waals surface area contributed by atoms with E-state index in [0.717, 1.165) is 42.8 Å². The summed E-state index contributed by atoms with van der Waals surface area (Å²) in [5.41, 5.74) is 7.65. The lowest BCUT2D eigenvalue weighted by molar-refractivity contribution is 0.0678. The summed E-state index contributed by atoms with van der Waals surface area (Å²) in [5.74, 6) is 1.42. The van der Waals surface area contributed by atoms with E-state index in [1.807, 2.05) is 59.5 Å². The van der Waals surface area contributed by atoms with Crippen molar-refractivity contribution in [3.05, 3.63) is 65.7 Å². The number of para-hydroxylation sites is 1. The van der Waals surface area contributed by atoms with Gasteiger partial charge in [-0.15, -0.1) is 12.4 Å². The molecule has 1 saturated heterocycles. The predicted molar refractivity (Wildman–Crippen MR) is 107 cm³/mol. The lowest BCUT2D eigenvalue weighted by Crippen LogP contribution is -2.42. The van der Waals surface area contributed by atoms with Crippen LogP contribution >= 0.6 is 12.4 Å². The van der Waals surface area contributed by atoms with Crippen LogP contribution in [0, 0.1) is 5.92 Å². The minimum absolute atomic E-state index is 0. The monoisotopic (exact) mass is 374 g/mol. The van der Waals surface area contributed by atoms with Gasteiger partial charge in [0, 0.05) is 30.3 Å². The van der Waals surface area contributed by atoms with Crippen molar-refractivity contribution in [1.29, 1.82) is 0 Å². The Bertz CT molecular complexity index is 698. The van der Waals surface area contributed by atoms with Crippen molar-refractivity contribution in [1.82, 2.24) is 4.90 Å². The molecule has 3 rings (SSSR count). The molecule has 4 nitrogen and oxygen atoms in total. The smallest absolute Gasteiger partial charge is 0.254 e. The second kappa shape index (κ2) is 9.60. The van der Waals surface area contributed by atoms with Crippen molar-refractivity contribution in [2.45, 2.75) is 32.4 Å². The molecule has 140 valence electrons. The van der Waals surface area contributed by atoms with E-state index in [1.165, 1.54) is 0 Å². The van der Waals surface area contributed by atoms with Gasteiger partial charge in [-0.25, -0.2) is 0 Å². The minimum atomic E-state index is 0. The summed E-state index contributed by atoms with van der Waals surface area (Å²) in [4.78, 5) is 14.9. The van der Waals surface area contributed by atoms with Crippen LogP contribution in [0.5, 0.6) is 5.75 Å². The Morgan fingerprint density at radius 2 is 1.73 bits per heavy atom. The Hall–Kier alpha value is -2.04. The van der Waals surface area contributed by atoms with Gasteiger partial charge in [0.2, 0.25) is 0 Å². The molecule has 0 bridgehead atoms. The van der Waals surface area contributed by atoms with E-state index < -0.39 is 0 Å². The zero-order valence-electron chi connectivity index (χ0n) is 15.1. The summed E-state index contributed by atoms with van der Waals surface area (Å²) in [5, 5.41) is 0. The highest BCUT2D eigenvalue weighted by Crippen LogP contribution is 2.22. The third kappa shape index (κ3) is 4.99. The molecule has 5 heteroatoms. The molecule has 0 aromatic heterocycles. The summed E-state index contributed by atoms with van der Waals surface area (Å²) in [7, 11) is 0. The van der Waals surface area contributed by atoms with Crippen LogP contribution in [0.4, 0.5) is 0 Å². The van der Waals surface area contributed by atoms with Gasteiger partial charge in [0.25, 0.3) is 5.91 Å². The minimum Gasteiger partial charge on any atom is -0.489 e. The van der Waals surface area contributed by atoms with Gasteiger partial charge >= 0.3 is 0 Å². The molecule has 0 radical (unpaired) electrons. The van der Waals surface area contributed by atoms with E-state index in [2.05, 4.69) is 6.92 Å². The number of nitrogens with zero attached hydrogens (tertiary/aromatic N) is 1. The third-order valence-corrected chi connectivity index (χ3v) is 4.96. The van der Waals surface area contributed by atoms with E-state index in [0.29, 0.717) is 12.5 Å². The van der Waals surface area contributed by atoms with Crippen LogP contribution in [0.1, 0.15) is 35.7 Å². The lowest BCUT2D eigenvalue weighted by atomic mass is 9.90. The molecule has 1 unspecified atom stereocenters. The highest BCUT2D eigenvalue weighted by Gasteiger charge is 2.26. The van der Waals surface area contributed by atoms with Crippen molar-refractivity contribution in [2.24, 2.45) is 11.7 Å². The molecule has 0 saturated carbocycles. The largest absolute Gasteiger partial charge is 0.489 e. The number of nitrogens with two attached hydrogens (primary N) is 1. The van der Waals surface area contributed by atoms with Crippen LogP contribution in [-0.2, 0) is 6.61 Å². The topological polar surface area (TPSA) is 55.6 Å². The van der Waals surface area contributed by atoms with Gasteiger partial charge < -0.3 is 15.4 Å². The number of benzene rings is 2. The maximum atomic E-state index is 12.9. The Morgan fingerprint density at radius 3 is 2.38 bits per heavy atom. The zero-order valence-corrected chi connectivity index (χ0v) is 16.0. The van der Waals surface area contributed by atoms with Gasteiger partial charge in [-0.2, -0.15) is 0 Å². The average Bonchev–Trinajstić information content (AvgIpc) is 2.67. The van der Waals surface area contributed by atoms with Crippen LogP contribution in [0.25, 0.3) is 0 Å². The Balaban J connectivity index is 0.00000243. The van der Waals surface area contributed by atoms with E-state index in [-0.39, 0.29) is 24.4 Å². The van der Waals surface area contributed by atoms with Crippen molar-refractivity contribution >= 4 is 18.3 Å². The molecule has 26 heavy (non-hydrogen) atoms. The molecule has 1 aliphatic heterocycles. The zero-order chi connectivity index (χ0) is 17.6. The fourth-order valence-corrected chi connectivity index (χ4v) is 3.33. The first-order chi connectivity index (χ1) is 12.1. The van der Waals surface area contributed by atoms with Gasteiger partial charge in [0.05, 0.1) is 0 Å². The van der Waals surface area contributed by atoms with E-state index in [4.69, 9.17) is 10.5 Å². The van der Waals surface area contributed by atoms with Crippen LogP contribution in [0.3, 0.4) is 0 Å². The standard InChI is InChI=1S/C21H26N2O2.ClH/c1-16(22)17-11-13-23(14-12-17)21(24)20-10-6-5-7-18(20)15-25-19-8-3-2-4-9-19;/h2-10,16-17H,11-15,22H2,1H3;1H. The van der Waals surface area contributed by atoms with Gasteiger partial charge in [-0.1, -0.05) is 36.4 Å². The van der Waals surface area contributed by atoms with Crippen molar-refractivity contribution in [3.63, 3.8) is 0 Å². The number of carbonyl (C=O) groups excluding carboxylic acids is 1. The van der Waals surface area contributed by atoms with E-state index in [9.17, 15) is 4.79 Å². The molecule has 1 heterocycles. The molecule has 1 fully saturated rings. The Labute approximate surface area is 161 Å². The molecule has 2 N–H and O–H groups in total. The lowest BCUT2D eigenvalue weighted by Gasteiger charge is -2.34. The highest BCUT2D eigenvalue weighted by atomic mass is 35.5. The maximum absolute atomic E-state index is 12.9. The SMILES string of the molecule is CC(N)C1CCN(C(=O)c2ccccc2COc2ccccc2)CC1.Cl. The van der Waals surface area contributed by atoms with Crippen LogP contribution in [-0.4, -0.2) is 29.9 Å². The summed E-state index contributed by atoms with van der Waals surface area (Å²) >= 11 is 0. The second-order valence-electron chi connectivity index (χ2n) is 6.75. The number of carbonyl (C=O) groups is 1. The first kappa shape index (κ1) is 20.3. The number of hydrogen-bond donors (Lipinski definition) is 1. The first-order valence-corrected chi connectivity index (χ1v) is 8.96. The van der Waals surface area contributed by atoms with Gasteiger partial charge in [-0.05, 0) is 43.9 Å². The van der Waals surface area contributed by atoms with Crippen LogP contribution in [0.15, 0.2) is 54.6 Å². The van der Waals surface area contributed by atoms with Crippen LogP contribution < -0.4 is 10.5 Å². The number of amides is 1. The molecule has 1 aliphatic rings. The highest BCUT2D eigenvalue weighted by molar-refractivity contribution is 5.95. The summed E-state index contributed by atoms with van der Waals surface area (Å²) in [6.07, 6.45) is 1.96. The van der Waals surface area contributed by atoms with Gasteiger partial charge in [0.1, 0.15) is 12.4 Å². The molecule has 1 atom stereocenters. The van der Waals surface area contributed by atoms with E-state index in [1.54, 1.807) is 0 Å². The van der Waals surface area contributed by atoms with Crippen molar-refractivity contribution in [2.75, 3.05) is 13.1 Å². The predicted octanol–water partition coefficient (Wildman–Crippen LogP) is 3.89. The molecule has 0 spiro atoms. The molecule has 2 aromatic carbocycles. The fraction of sp³-hybridized carbons (Fsp3) is 0.381. The molecule has 2 aromatic rings. The molecule has 1 amide bonds. The first-order valence-electron chi connectivity index (χ1n) is 8.96. The maximum Gasteiger partial charge on any atom is 0.254 e. The summed E-state index contributed by atoms with van der Waals surface area (Å²) < 4.78 is 5.83. The number of halogens is 1. The van der Waals surface area contributed by atoms with Gasteiger partial charge in [0.15, 0.2) is 0 Å². The normalized spacial score (nSPS) is 15.8. The van der Waals surface area contributed by atoms with Crippen molar-refractivity contribution in [3.8, 4) is 5.75 Å². The Kier molecular flexibility index (Phi) is 7.49. The average molecular weight is 375 g/mol. The number of piperidine rings is 1. The van der Waals surface area contributed by atoms with Gasteiger partial charge in [-0.3, -0.25) is 4.79 Å². The second-order valence-corrected chi connectivity index (χ2v) is 6.75. The molecule has 0 aliphatic carbocycles. The number of rotatable bonds is 5.